The Kier molecular flexibility index (Phi) is 3.02. The molecule has 0 unspecified atom stereocenters. The van der Waals surface area contributed by atoms with Gasteiger partial charge in [-0.15, -0.1) is 0 Å². The number of aromatic nitrogens is 4. The van der Waals surface area contributed by atoms with Gasteiger partial charge >= 0.3 is 0 Å². The second-order valence-electron chi connectivity index (χ2n) is 4.37. The van der Waals surface area contributed by atoms with Crippen molar-refractivity contribution < 1.29 is 0 Å². The van der Waals surface area contributed by atoms with Crippen molar-refractivity contribution in [1.29, 1.82) is 0 Å². The van der Waals surface area contributed by atoms with E-state index in [1.54, 1.807) is 18.9 Å². The van der Waals surface area contributed by atoms with Crippen LogP contribution in [0.15, 0.2) is 55.5 Å². The molecule has 0 atom stereocenters. The largest absolute Gasteiger partial charge is 0.379 e. The van der Waals surface area contributed by atoms with Crippen molar-refractivity contribution in [3.63, 3.8) is 0 Å². The molecule has 1 aromatic carbocycles. The molecule has 3 rings (SSSR count). The number of nitrogens with one attached hydrogen (secondary N) is 1. The van der Waals surface area contributed by atoms with Crippen LogP contribution >= 0.6 is 0 Å². The summed E-state index contributed by atoms with van der Waals surface area (Å²) in [7, 11) is 1.99. The van der Waals surface area contributed by atoms with Crippen LogP contribution in [0.5, 0.6) is 0 Å². The highest BCUT2D eigenvalue weighted by atomic mass is 15.1. The van der Waals surface area contributed by atoms with Crippen molar-refractivity contribution in [2.75, 3.05) is 5.32 Å². The summed E-state index contributed by atoms with van der Waals surface area (Å²) in [6.07, 6.45) is 9.17. The van der Waals surface area contributed by atoms with Crippen LogP contribution in [-0.4, -0.2) is 19.1 Å². The SMILES string of the molecule is Cn1cncc1CNc1cccc(-n2ccnc2)c1. The van der Waals surface area contributed by atoms with E-state index >= 15 is 0 Å². The van der Waals surface area contributed by atoms with Crippen LogP contribution in [0.2, 0.25) is 0 Å². The zero-order valence-corrected chi connectivity index (χ0v) is 10.7. The van der Waals surface area contributed by atoms with E-state index in [9.17, 15) is 0 Å². The van der Waals surface area contributed by atoms with Crippen molar-refractivity contribution in [3.8, 4) is 5.69 Å². The molecule has 5 heteroatoms. The van der Waals surface area contributed by atoms with E-state index in [-0.39, 0.29) is 0 Å². The first kappa shape index (κ1) is 11.5. The average Bonchev–Trinajstić information content (AvgIpc) is 3.08. The standard InChI is InChI=1S/C14H15N5/c1-18-10-16-8-14(18)9-17-12-3-2-4-13(7-12)19-6-5-15-11-19/h2-8,10-11,17H,9H2,1H3. The van der Waals surface area contributed by atoms with E-state index in [4.69, 9.17) is 0 Å². The smallest absolute Gasteiger partial charge is 0.0991 e. The first-order valence-electron chi connectivity index (χ1n) is 6.10. The topological polar surface area (TPSA) is 47.7 Å². The third-order valence-electron chi connectivity index (χ3n) is 3.04. The average molecular weight is 253 g/mol. The molecule has 3 aromatic rings. The summed E-state index contributed by atoms with van der Waals surface area (Å²) in [5.41, 5.74) is 3.31. The number of hydrogen-bond acceptors (Lipinski definition) is 3. The molecule has 0 saturated heterocycles. The Bertz CT molecular complexity index is 654. The van der Waals surface area contributed by atoms with E-state index in [0.717, 1.165) is 23.6 Å². The summed E-state index contributed by atoms with van der Waals surface area (Å²) < 4.78 is 3.99. The first-order valence-corrected chi connectivity index (χ1v) is 6.10. The van der Waals surface area contributed by atoms with Gasteiger partial charge in [-0.2, -0.15) is 0 Å². The first-order chi connectivity index (χ1) is 9.33. The van der Waals surface area contributed by atoms with Gasteiger partial charge in [-0.25, -0.2) is 9.97 Å². The van der Waals surface area contributed by atoms with Gasteiger partial charge in [-0.3, -0.25) is 0 Å². The second kappa shape index (κ2) is 4.97. The van der Waals surface area contributed by atoms with Crippen LogP contribution in [0, 0.1) is 0 Å². The Morgan fingerprint density at radius 2 is 2.16 bits per heavy atom. The maximum absolute atomic E-state index is 4.10. The molecule has 0 aliphatic carbocycles. The molecule has 19 heavy (non-hydrogen) atoms. The predicted molar refractivity (Wildman–Crippen MR) is 74.1 cm³/mol. The highest BCUT2D eigenvalue weighted by Crippen LogP contribution is 2.15. The molecular weight excluding hydrogens is 238 g/mol. The zero-order chi connectivity index (χ0) is 13.1. The Morgan fingerprint density at radius 3 is 2.89 bits per heavy atom. The van der Waals surface area contributed by atoms with Crippen LogP contribution < -0.4 is 5.32 Å². The number of benzene rings is 1. The van der Waals surface area contributed by atoms with Gasteiger partial charge in [-0.1, -0.05) is 6.07 Å². The van der Waals surface area contributed by atoms with E-state index in [1.165, 1.54) is 0 Å². The van der Waals surface area contributed by atoms with Crippen LogP contribution in [0.1, 0.15) is 5.69 Å². The van der Waals surface area contributed by atoms with Crippen molar-refractivity contribution in [2.24, 2.45) is 7.05 Å². The van der Waals surface area contributed by atoms with Gasteiger partial charge in [-0.05, 0) is 18.2 Å². The Labute approximate surface area is 111 Å². The van der Waals surface area contributed by atoms with Crippen molar-refractivity contribution in [3.05, 3.63) is 61.2 Å². The summed E-state index contributed by atoms with van der Waals surface area (Å²) in [5.74, 6) is 0. The fraction of sp³-hybridized carbons (Fsp3) is 0.143. The maximum atomic E-state index is 4.10. The summed E-state index contributed by atoms with van der Waals surface area (Å²) in [4.78, 5) is 8.16. The molecule has 0 fully saturated rings. The molecule has 0 radical (unpaired) electrons. The van der Waals surface area contributed by atoms with Gasteiger partial charge in [0, 0.05) is 37.0 Å². The lowest BCUT2D eigenvalue weighted by Crippen LogP contribution is -2.04. The minimum atomic E-state index is 0.754. The quantitative estimate of drug-likeness (QED) is 0.775. The van der Waals surface area contributed by atoms with Gasteiger partial charge in [0.25, 0.3) is 0 Å². The molecule has 5 nitrogen and oxygen atoms in total. The van der Waals surface area contributed by atoms with Gasteiger partial charge in [0.15, 0.2) is 0 Å². The van der Waals surface area contributed by atoms with E-state index < -0.39 is 0 Å². The van der Waals surface area contributed by atoms with Gasteiger partial charge in [0.05, 0.1) is 24.9 Å². The Hall–Kier alpha value is -2.56. The van der Waals surface area contributed by atoms with Crippen molar-refractivity contribution >= 4 is 5.69 Å². The lowest BCUT2D eigenvalue weighted by molar-refractivity contribution is 0.837. The van der Waals surface area contributed by atoms with Crippen molar-refractivity contribution in [2.45, 2.75) is 6.54 Å². The predicted octanol–water partition coefficient (Wildman–Crippen LogP) is 2.22. The molecule has 2 aromatic heterocycles. The molecule has 2 heterocycles. The minimum absolute atomic E-state index is 0.754. The number of anilines is 1. The number of hydrogen-bond donors (Lipinski definition) is 1. The Morgan fingerprint density at radius 1 is 1.21 bits per heavy atom. The maximum Gasteiger partial charge on any atom is 0.0991 e. The van der Waals surface area contributed by atoms with Gasteiger partial charge < -0.3 is 14.5 Å². The minimum Gasteiger partial charge on any atom is -0.379 e. The molecule has 0 bridgehead atoms. The summed E-state index contributed by atoms with van der Waals surface area (Å²) in [6, 6.07) is 8.23. The molecule has 1 N–H and O–H groups in total. The number of rotatable bonds is 4. The molecule has 0 aliphatic heterocycles. The molecular formula is C14H15N5. The third-order valence-corrected chi connectivity index (χ3v) is 3.04. The monoisotopic (exact) mass is 253 g/mol. The molecule has 0 spiro atoms. The molecule has 0 saturated carbocycles. The summed E-state index contributed by atoms with van der Waals surface area (Å²) >= 11 is 0. The van der Waals surface area contributed by atoms with E-state index in [0.29, 0.717) is 0 Å². The normalized spacial score (nSPS) is 10.6. The van der Waals surface area contributed by atoms with Crippen LogP contribution in [-0.2, 0) is 13.6 Å². The molecule has 96 valence electrons. The fourth-order valence-corrected chi connectivity index (χ4v) is 1.94. The van der Waals surface area contributed by atoms with Gasteiger partial charge in [0.1, 0.15) is 0 Å². The molecule has 0 amide bonds. The Balaban J connectivity index is 1.75. The fourth-order valence-electron chi connectivity index (χ4n) is 1.94. The van der Waals surface area contributed by atoms with E-state index in [1.807, 2.05) is 34.6 Å². The third kappa shape index (κ3) is 2.49. The van der Waals surface area contributed by atoms with Crippen LogP contribution in [0.25, 0.3) is 5.69 Å². The lowest BCUT2D eigenvalue weighted by atomic mass is 10.2. The highest BCUT2D eigenvalue weighted by molar-refractivity contribution is 5.51. The zero-order valence-electron chi connectivity index (χ0n) is 10.7. The lowest BCUT2D eigenvalue weighted by Gasteiger charge is -2.09. The summed E-state index contributed by atoms with van der Waals surface area (Å²) in [5, 5.41) is 3.40. The van der Waals surface area contributed by atoms with E-state index in [2.05, 4.69) is 33.5 Å². The van der Waals surface area contributed by atoms with Crippen LogP contribution in [0.3, 0.4) is 0 Å². The molecule has 0 aliphatic rings. The summed E-state index contributed by atoms with van der Waals surface area (Å²) in [6.45, 7) is 0.754. The number of imidazole rings is 2. The van der Waals surface area contributed by atoms with Crippen molar-refractivity contribution in [1.82, 2.24) is 19.1 Å². The van der Waals surface area contributed by atoms with Crippen LogP contribution in [0.4, 0.5) is 5.69 Å². The second-order valence-corrected chi connectivity index (χ2v) is 4.37. The highest BCUT2D eigenvalue weighted by Gasteiger charge is 2.00. The van der Waals surface area contributed by atoms with Gasteiger partial charge in [0.2, 0.25) is 0 Å². The number of aryl methyl sites for hydroxylation is 1. The number of nitrogens with zero attached hydrogens (tertiary/aromatic N) is 4.